The molecule has 0 amide bonds. The van der Waals surface area contributed by atoms with Gasteiger partial charge in [0.2, 0.25) is 0 Å². The van der Waals surface area contributed by atoms with Crippen LogP contribution in [0.4, 0.5) is 0 Å². The zero-order valence-electron chi connectivity index (χ0n) is 10.2. The Hall–Kier alpha value is -0.960. The van der Waals surface area contributed by atoms with Crippen molar-refractivity contribution in [3.63, 3.8) is 0 Å². The summed E-state index contributed by atoms with van der Waals surface area (Å²) in [5.41, 5.74) is 1.81. The Morgan fingerprint density at radius 1 is 1.47 bits per heavy atom. The smallest absolute Gasteiger partial charge is 0.267 e. The Labute approximate surface area is 119 Å². The predicted molar refractivity (Wildman–Crippen MR) is 74.5 cm³/mol. The largest absolute Gasteiger partial charge is 0.372 e. The molecule has 19 heavy (non-hydrogen) atoms. The Morgan fingerprint density at radius 2 is 2.21 bits per heavy atom. The second-order valence-electron chi connectivity index (χ2n) is 4.06. The van der Waals surface area contributed by atoms with Gasteiger partial charge in [-0.25, -0.2) is 4.98 Å². The van der Waals surface area contributed by atoms with Crippen LogP contribution in [0.1, 0.15) is 5.82 Å². The molecule has 104 valence electrons. The van der Waals surface area contributed by atoms with Crippen LogP contribution in [-0.2, 0) is 28.5 Å². The predicted octanol–water partition coefficient (Wildman–Crippen LogP) is 1.74. The van der Waals surface area contributed by atoms with E-state index in [1.54, 1.807) is 0 Å². The Bertz CT molecular complexity index is 696. The van der Waals surface area contributed by atoms with E-state index in [1.165, 1.54) is 0 Å². The van der Waals surface area contributed by atoms with Crippen molar-refractivity contribution in [2.24, 2.45) is 7.05 Å². The van der Waals surface area contributed by atoms with Gasteiger partial charge in [-0.15, -0.1) is 0 Å². The summed E-state index contributed by atoms with van der Waals surface area (Å²) in [5, 5.41) is 0. The quantitative estimate of drug-likeness (QED) is 0.657. The summed E-state index contributed by atoms with van der Waals surface area (Å²) in [4.78, 5) is 4.39. The molecule has 0 radical (unpaired) electrons. The van der Waals surface area contributed by atoms with E-state index >= 15 is 0 Å². The SMILES string of the molecule is Cn1c(COCCS(=O)(=O)O)nc2ccc(Br)cc21. The van der Waals surface area contributed by atoms with E-state index in [0.29, 0.717) is 5.82 Å². The topological polar surface area (TPSA) is 81.4 Å². The molecule has 0 atom stereocenters. The Kier molecular flexibility index (Phi) is 4.24. The molecule has 1 aromatic carbocycles. The number of hydrogen-bond acceptors (Lipinski definition) is 4. The molecule has 1 aromatic heterocycles. The van der Waals surface area contributed by atoms with Gasteiger partial charge in [0.05, 0.1) is 23.4 Å². The van der Waals surface area contributed by atoms with Gasteiger partial charge in [-0.3, -0.25) is 4.55 Å². The van der Waals surface area contributed by atoms with Crippen LogP contribution in [0, 0.1) is 0 Å². The van der Waals surface area contributed by atoms with Crippen LogP contribution in [0.25, 0.3) is 11.0 Å². The fourth-order valence-electron chi connectivity index (χ4n) is 1.67. The molecule has 0 spiro atoms. The van der Waals surface area contributed by atoms with Gasteiger partial charge in [0.15, 0.2) is 0 Å². The Balaban J connectivity index is 2.07. The summed E-state index contributed by atoms with van der Waals surface area (Å²) in [5.74, 6) is 0.283. The lowest BCUT2D eigenvalue weighted by Crippen LogP contribution is -2.11. The molecule has 1 N–H and O–H groups in total. The highest BCUT2D eigenvalue weighted by molar-refractivity contribution is 9.10. The number of imidazole rings is 1. The fraction of sp³-hybridized carbons (Fsp3) is 0.364. The molecule has 1 heterocycles. The van der Waals surface area contributed by atoms with Gasteiger partial charge in [-0.2, -0.15) is 8.42 Å². The van der Waals surface area contributed by atoms with Gasteiger partial charge < -0.3 is 9.30 Å². The van der Waals surface area contributed by atoms with Crippen molar-refractivity contribution in [2.75, 3.05) is 12.4 Å². The molecule has 0 aliphatic carbocycles. The number of fused-ring (bicyclic) bond motifs is 1. The maximum Gasteiger partial charge on any atom is 0.267 e. The van der Waals surface area contributed by atoms with E-state index in [4.69, 9.17) is 9.29 Å². The Morgan fingerprint density at radius 3 is 2.89 bits per heavy atom. The zero-order valence-corrected chi connectivity index (χ0v) is 12.6. The molecule has 0 bridgehead atoms. The number of halogens is 1. The number of hydrogen-bond donors (Lipinski definition) is 1. The first kappa shape index (κ1) is 14.4. The van der Waals surface area contributed by atoms with Crippen LogP contribution in [-0.4, -0.2) is 34.9 Å². The van der Waals surface area contributed by atoms with E-state index in [1.807, 2.05) is 29.8 Å². The third kappa shape index (κ3) is 3.75. The second-order valence-corrected chi connectivity index (χ2v) is 6.55. The minimum absolute atomic E-state index is 0.0638. The van der Waals surface area contributed by atoms with Gasteiger partial charge in [0, 0.05) is 11.5 Å². The minimum Gasteiger partial charge on any atom is -0.372 e. The maximum atomic E-state index is 10.5. The van der Waals surface area contributed by atoms with Crippen molar-refractivity contribution in [3.8, 4) is 0 Å². The van der Waals surface area contributed by atoms with Gasteiger partial charge in [0.1, 0.15) is 12.4 Å². The van der Waals surface area contributed by atoms with Gasteiger partial charge in [-0.1, -0.05) is 15.9 Å². The lowest BCUT2D eigenvalue weighted by molar-refractivity contribution is 0.127. The number of rotatable bonds is 5. The number of nitrogens with zero attached hydrogens (tertiary/aromatic N) is 2. The van der Waals surface area contributed by atoms with Crippen LogP contribution >= 0.6 is 15.9 Å². The normalized spacial score (nSPS) is 12.2. The molecule has 0 fully saturated rings. The molecule has 0 saturated heterocycles. The van der Waals surface area contributed by atoms with Crippen LogP contribution in [0.3, 0.4) is 0 Å². The lowest BCUT2D eigenvalue weighted by atomic mass is 10.3. The molecule has 0 aliphatic rings. The molecular weight excluding hydrogens is 336 g/mol. The number of aromatic nitrogens is 2. The average molecular weight is 349 g/mol. The number of benzene rings is 1. The zero-order chi connectivity index (χ0) is 14.0. The monoisotopic (exact) mass is 348 g/mol. The first-order valence-corrected chi connectivity index (χ1v) is 7.91. The summed E-state index contributed by atoms with van der Waals surface area (Å²) < 4.78 is 37.7. The summed E-state index contributed by atoms with van der Waals surface area (Å²) in [7, 11) is -2.11. The third-order valence-electron chi connectivity index (χ3n) is 2.65. The van der Waals surface area contributed by atoms with E-state index in [-0.39, 0.29) is 13.2 Å². The average Bonchev–Trinajstić information content (AvgIpc) is 2.61. The standard InChI is InChI=1S/C11H13BrN2O4S/c1-14-10-6-8(12)2-3-9(10)13-11(14)7-18-4-5-19(15,16)17/h2-3,6H,4-5,7H2,1H3,(H,15,16,17). The fourth-order valence-corrected chi connectivity index (χ4v) is 2.35. The van der Waals surface area contributed by atoms with Gasteiger partial charge in [-0.05, 0) is 18.2 Å². The van der Waals surface area contributed by atoms with Crippen LogP contribution < -0.4 is 0 Å². The summed E-state index contributed by atoms with van der Waals surface area (Å²) >= 11 is 3.39. The highest BCUT2D eigenvalue weighted by atomic mass is 79.9. The molecular formula is C11H13BrN2O4S. The molecule has 2 aromatic rings. The summed E-state index contributed by atoms with van der Waals surface area (Å²) in [6, 6.07) is 5.74. The van der Waals surface area contributed by atoms with Crippen molar-refractivity contribution in [1.29, 1.82) is 0 Å². The summed E-state index contributed by atoms with van der Waals surface area (Å²) in [6.07, 6.45) is 0. The van der Waals surface area contributed by atoms with E-state index in [2.05, 4.69) is 20.9 Å². The molecule has 2 rings (SSSR count). The number of ether oxygens (including phenoxy) is 1. The minimum atomic E-state index is -3.98. The van der Waals surface area contributed by atoms with Crippen molar-refractivity contribution < 1.29 is 17.7 Å². The van der Waals surface area contributed by atoms with Crippen molar-refractivity contribution >= 4 is 37.1 Å². The van der Waals surface area contributed by atoms with Gasteiger partial charge >= 0.3 is 0 Å². The van der Waals surface area contributed by atoms with Crippen molar-refractivity contribution in [3.05, 3.63) is 28.5 Å². The highest BCUT2D eigenvalue weighted by Gasteiger charge is 2.09. The van der Waals surface area contributed by atoms with Crippen LogP contribution in [0.5, 0.6) is 0 Å². The van der Waals surface area contributed by atoms with E-state index in [0.717, 1.165) is 15.5 Å². The molecule has 8 heteroatoms. The lowest BCUT2D eigenvalue weighted by Gasteiger charge is -2.03. The molecule has 0 aliphatic heterocycles. The molecule has 6 nitrogen and oxygen atoms in total. The number of aryl methyl sites for hydroxylation is 1. The molecule has 0 saturated carbocycles. The summed E-state index contributed by atoms with van der Waals surface area (Å²) in [6.45, 7) is 0.129. The maximum absolute atomic E-state index is 10.5. The third-order valence-corrected chi connectivity index (χ3v) is 3.83. The highest BCUT2D eigenvalue weighted by Crippen LogP contribution is 2.20. The first-order valence-electron chi connectivity index (χ1n) is 5.50. The second kappa shape index (κ2) is 5.58. The van der Waals surface area contributed by atoms with E-state index < -0.39 is 15.9 Å². The molecule has 0 unspecified atom stereocenters. The van der Waals surface area contributed by atoms with Crippen molar-refractivity contribution in [2.45, 2.75) is 6.61 Å². The van der Waals surface area contributed by atoms with Crippen LogP contribution in [0.15, 0.2) is 22.7 Å². The van der Waals surface area contributed by atoms with Gasteiger partial charge in [0.25, 0.3) is 10.1 Å². The van der Waals surface area contributed by atoms with Crippen LogP contribution in [0.2, 0.25) is 0 Å². The van der Waals surface area contributed by atoms with E-state index in [9.17, 15) is 8.42 Å². The first-order chi connectivity index (χ1) is 8.87. The van der Waals surface area contributed by atoms with Crippen molar-refractivity contribution in [1.82, 2.24) is 9.55 Å².